The fourth-order valence-corrected chi connectivity index (χ4v) is 3.82. The largest absolute Gasteiger partial charge is 0.462 e. The number of aromatic nitrogens is 1. The lowest BCUT2D eigenvalue weighted by atomic mass is 10.1. The molecule has 0 spiro atoms. The molecule has 0 aliphatic carbocycles. The van der Waals surface area contributed by atoms with Crippen LogP contribution in [0.4, 0.5) is 5.69 Å². The van der Waals surface area contributed by atoms with E-state index in [1.165, 1.54) is 0 Å². The lowest BCUT2D eigenvalue weighted by Gasteiger charge is -2.11. The van der Waals surface area contributed by atoms with Gasteiger partial charge in [0.25, 0.3) is 5.91 Å². The predicted octanol–water partition coefficient (Wildman–Crippen LogP) is 6.56. The number of aryl methyl sites for hydroxylation is 2. The van der Waals surface area contributed by atoms with E-state index in [0.29, 0.717) is 22.9 Å². The normalized spacial score (nSPS) is 11.1. The number of hydrogen-bond acceptors (Lipinski definition) is 4. The van der Waals surface area contributed by atoms with Crippen LogP contribution in [0.2, 0.25) is 5.02 Å². The molecule has 180 valence electrons. The Morgan fingerprint density at radius 2 is 1.83 bits per heavy atom. The van der Waals surface area contributed by atoms with Crippen LogP contribution in [-0.4, -0.2) is 23.1 Å². The van der Waals surface area contributed by atoms with E-state index < -0.39 is 5.91 Å². The van der Waals surface area contributed by atoms with Crippen molar-refractivity contribution in [1.29, 1.82) is 5.26 Å². The SMILES string of the molecule is CCCCOC(=O)c1ccc(-n2c(C)cc(/C=C(\C#N)C(=O)Nc3ccc(C)c(Cl)c3)c2C)cc1. The maximum Gasteiger partial charge on any atom is 0.338 e. The number of carbonyl (C=O) groups is 2. The molecule has 1 amide bonds. The Hall–Kier alpha value is -3.82. The van der Waals surface area contributed by atoms with Crippen LogP contribution in [0.3, 0.4) is 0 Å². The number of ether oxygens (including phenoxy) is 1. The number of halogens is 1. The third kappa shape index (κ3) is 6.20. The van der Waals surface area contributed by atoms with Crippen molar-refractivity contribution in [2.24, 2.45) is 0 Å². The van der Waals surface area contributed by atoms with Gasteiger partial charge in [0.15, 0.2) is 0 Å². The predicted molar refractivity (Wildman–Crippen MR) is 139 cm³/mol. The first-order valence-corrected chi connectivity index (χ1v) is 11.8. The van der Waals surface area contributed by atoms with Gasteiger partial charge in [0.05, 0.1) is 12.2 Å². The highest BCUT2D eigenvalue weighted by Crippen LogP contribution is 2.24. The molecule has 3 aromatic rings. The van der Waals surface area contributed by atoms with Crippen LogP contribution in [-0.2, 0) is 9.53 Å². The van der Waals surface area contributed by atoms with Gasteiger partial charge >= 0.3 is 5.97 Å². The minimum atomic E-state index is -0.511. The van der Waals surface area contributed by atoms with E-state index in [9.17, 15) is 14.9 Å². The van der Waals surface area contributed by atoms with Crippen LogP contribution < -0.4 is 5.32 Å². The molecule has 0 aliphatic rings. The van der Waals surface area contributed by atoms with Crippen LogP contribution >= 0.6 is 11.6 Å². The van der Waals surface area contributed by atoms with Crippen molar-refractivity contribution in [3.63, 3.8) is 0 Å². The lowest BCUT2D eigenvalue weighted by Crippen LogP contribution is -2.13. The molecular weight excluding hydrogens is 462 g/mol. The maximum absolute atomic E-state index is 12.7. The Morgan fingerprint density at radius 1 is 1.11 bits per heavy atom. The summed E-state index contributed by atoms with van der Waals surface area (Å²) in [6.07, 6.45) is 3.37. The molecule has 0 atom stereocenters. The molecule has 1 aromatic heterocycles. The first-order chi connectivity index (χ1) is 16.7. The molecule has 0 fully saturated rings. The fraction of sp³-hybridized carbons (Fsp3) is 0.250. The van der Waals surface area contributed by atoms with Gasteiger partial charge in [-0.3, -0.25) is 4.79 Å². The topological polar surface area (TPSA) is 84.1 Å². The number of esters is 1. The molecular formula is C28H28ClN3O3. The molecule has 0 saturated heterocycles. The van der Waals surface area contributed by atoms with Gasteiger partial charge in [0.2, 0.25) is 0 Å². The highest BCUT2D eigenvalue weighted by molar-refractivity contribution is 6.31. The number of carbonyl (C=O) groups excluding carboxylic acids is 2. The van der Waals surface area contributed by atoms with Crippen molar-refractivity contribution in [1.82, 2.24) is 4.57 Å². The summed E-state index contributed by atoms with van der Waals surface area (Å²) in [5.41, 5.74) is 5.29. The average molecular weight is 490 g/mol. The summed E-state index contributed by atoms with van der Waals surface area (Å²) in [7, 11) is 0. The Balaban J connectivity index is 1.82. The van der Waals surface area contributed by atoms with E-state index in [4.69, 9.17) is 16.3 Å². The molecule has 0 bridgehead atoms. The van der Waals surface area contributed by atoms with Gasteiger partial charge in [-0.1, -0.05) is 31.0 Å². The monoisotopic (exact) mass is 489 g/mol. The Labute approximate surface area is 210 Å². The summed E-state index contributed by atoms with van der Waals surface area (Å²) in [6, 6.07) is 16.3. The van der Waals surface area contributed by atoms with E-state index in [-0.39, 0.29) is 11.5 Å². The molecule has 2 aromatic carbocycles. The van der Waals surface area contributed by atoms with Crippen LogP contribution in [0.1, 0.15) is 52.6 Å². The number of nitrogens with one attached hydrogen (secondary N) is 1. The first-order valence-electron chi connectivity index (χ1n) is 11.4. The molecule has 6 nitrogen and oxygen atoms in total. The quantitative estimate of drug-likeness (QED) is 0.168. The summed E-state index contributed by atoms with van der Waals surface area (Å²) < 4.78 is 7.27. The molecule has 35 heavy (non-hydrogen) atoms. The number of rotatable bonds is 8. The second kappa shape index (κ2) is 11.5. The Morgan fingerprint density at radius 3 is 2.46 bits per heavy atom. The molecule has 7 heteroatoms. The summed E-state index contributed by atoms with van der Waals surface area (Å²) in [5, 5.41) is 12.9. The summed E-state index contributed by atoms with van der Waals surface area (Å²) in [4.78, 5) is 24.9. The standard InChI is InChI=1S/C28H28ClN3O3/c1-5-6-13-35-28(34)21-8-11-25(12-9-21)32-19(3)14-22(20(32)4)15-23(17-30)27(33)31-24-10-7-18(2)26(29)16-24/h7-12,14-16H,5-6,13H2,1-4H3,(H,31,33)/b23-15+. The van der Waals surface area contributed by atoms with Crippen LogP contribution in [0.15, 0.2) is 54.1 Å². The summed E-state index contributed by atoms with van der Waals surface area (Å²) in [6.45, 7) is 8.18. The Kier molecular flexibility index (Phi) is 8.51. The highest BCUT2D eigenvalue weighted by Gasteiger charge is 2.15. The maximum atomic E-state index is 12.7. The molecule has 1 N–H and O–H groups in total. The number of hydrogen-bond donors (Lipinski definition) is 1. The third-order valence-corrected chi connectivity index (χ3v) is 6.06. The van der Waals surface area contributed by atoms with Crippen LogP contribution in [0, 0.1) is 32.1 Å². The van der Waals surface area contributed by atoms with Crippen molar-refractivity contribution in [2.45, 2.75) is 40.5 Å². The molecule has 0 unspecified atom stereocenters. The number of anilines is 1. The number of nitriles is 1. The zero-order valence-electron chi connectivity index (χ0n) is 20.3. The van der Waals surface area contributed by atoms with Crippen molar-refractivity contribution in [3.8, 4) is 11.8 Å². The van der Waals surface area contributed by atoms with Gasteiger partial charge in [-0.05, 0) is 86.9 Å². The van der Waals surface area contributed by atoms with Gasteiger partial charge in [0, 0.05) is 27.8 Å². The van der Waals surface area contributed by atoms with Gasteiger partial charge in [-0.25, -0.2) is 4.79 Å². The van der Waals surface area contributed by atoms with Crippen molar-refractivity contribution < 1.29 is 14.3 Å². The molecule has 0 aliphatic heterocycles. The molecule has 0 saturated carbocycles. The van der Waals surface area contributed by atoms with Gasteiger partial charge in [-0.15, -0.1) is 0 Å². The number of benzene rings is 2. The number of unbranched alkanes of at least 4 members (excludes halogenated alkanes) is 1. The van der Waals surface area contributed by atoms with Crippen molar-refractivity contribution in [2.75, 3.05) is 11.9 Å². The van der Waals surface area contributed by atoms with E-state index in [2.05, 4.69) is 5.32 Å². The van der Waals surface area contributed by atoms with E-state index in [1.807, 2.05) is 56.5 Å². The van der Waals surface area contributed by atoms with Gasteiger partial charge in [0.1, 0.15) is 11.6 Å². The van der Waals surface area contributed by atoms with Crippen LogP contribution in [0.25, 0.3) is 11.8 Å². The highest BCUT2D eigenvalue weighted by atomic mass is 35.5. The molecule has 0 radical (unpaired) electrons. The Bertz CT molecular complexity index is 1310. The van der Waals surface area contributed by atoms with Crippen molar-refractivity contribution in [3.05, 3.63) is 87.2 Å². The molecule has 1 heterocycles. The van der Waals surface area contributed by atoms with Gasteiger partial charge in [-0.2, -0.15) is 5.26 Å². The van der Waals surface area contributed by atoms with E-state index >= 15 is 0 Å². The van der Waals surface area contributed by atoms with Gasteiger partial charge < -0.3 is 14.6 Å². The van der Waals surface area contributed by atoms with E-state index in [1.54, 1.807) is 36.4 Å². The lowest BCUT2D eigenvalue weighted by molar-refractivity contribution is -0.112. The summed E-state index contributed by atoms with van der Waals surface area (Å²) in [5.74, 6) is -0.850. The summed E-state index contributed by atoms with van der Waals surface area (Å²) >= 11 is 6.14. The number of amides is 1. The van der Waals surface area contributed by atoms with Crippen LogP contribution in [0.5, 0.6) is 0 Å². The zero-order valence-corrected chi connectivity index (χ0v) is 21.1. The smallest absolute Gasteiger partial charge is 0.338 e. The minimum absolute atomic E-state index is 0.0212. The number of nitrogens with zero attached hydrogens (tertiary/aromatic N) is 2. The van der Waals surface area contributed by atoms with Crippen molar-refractivity contribution >= 4 is 35.2 Å². The average Bonchev–Trinajstić information content (AvgIpc) is 3.12. The third-order valence-electron chi connectivity index (χ3n) is 5.66. The first kappa shape index (κ1) is 25.8. The zero-order chi connectivity index (χ0) is 25.5. The van der Waals surface area contributed by atoms with E-state index in [0.717, 1.165) is 41.0 Å². The molecule has 3 rings (SSSR count). The minimum Gasteiger partial charge on any atom is -0.462 e. The second-order valence-electron chi connectivity index (χ2n) is 8.29. The second-order valence-corrected chi connectivity index (χ2v) is 8.69. The fourth-order valence-electron chi connectivity index (χ4n) is 3.64.